The van der Waals surface area contributed by atoms with E-state index in [1.807, 2.05) is 73.7 Å². The van der Waals surface area contributed by atoms with Crippen molar-refractivity contribution in [2.24, 2.45) is 0 Å². The van der Waals surface area contributed by atoms with Gasteiger partial charge in [0.15, 0.2) is 0 Å². The standard InChI is InChI=1S/C20H18N6OS/c1-15-12-18(26(23-15)17-10-6-3-7-11-17)22-19(27)13-28-20-21-14-25(24-20)16-8-4-2-5-9-16/h2-12,14H,13H2,1H3,(H,22,27). The van der Waals surface area contributed by atoms with Crippen molar-refractivity contribution in [1.82, 2.24) is 24.5 Å². The van der Waals surface area contributed by atoms with Crippen LogP contribution in [0.5, 0.6) is 0 Å². The van der Waals surface area contributed by atoms with E-state index in [0.29, 0.717) is 11.0 Å². The highest BCUT2D eigenvalue weighted by atomic mass is 32.2. The van der Waals surface area contributed by atoms with Gasteiger partial charge >= 0.3 is 0 Å². The van der Waals surface area contributed by atoms with Crippen molar-refractivity contribution in [2.75, 3.05) is 11.1 Å². The lowest BCUT2D eigenvalue weighted by Crippen LogP contribution is -2.17. The van der Waals surface area contributed by atoms with Crippen LogP contribution in [0.1, 0.15) is 5.69 Å². The van der Waals surface area contributed by atoms with Crippen molar-refractivity contribution in [1.29, 1.82) is 0 Å². The average Bonchev–Trinajstić information content (AvgIpc) is 3.34. The number of para-hydroxylation sites is 2. The van der Waals surface area contributed by atoms with E-state index in [0.717, 1.165) is 17.1 Å². The maximum atomic E-state index is 12.4. The van der Waals surface area contributed by atoms with E-state index >= 15 is 0 Å². The van der Waals surface area contributed by atoms with Crippen LogP contribution in [0.2, 0.25) is 0 Å². The zero-order valence-corrected chi connectivity index (χ0v) is 16.0. The van der Waals surface area contributed by atoms with Gasteiger partial charge in [-0.25, -0.2) is 14.3 Å². The number of carbonyl (C=O) groups excluding carboxylic acids is 1. The first-order valence-electron chi connectivity index (χ1n) is 8.71. The fourth-order valence-electron chi connectivity index (χ4n) is 2.68. The van der Waals surface area contributed by atoms with Crippen LogP contribution in [-0.4, -0.2) is 36.2 Å². The molecule has 0 atom stereocenters. The molecule has 0 aliphatic rings. The minimum atomic E-state index is -0.141. The molecule has 2 heterocycles. The van der Waals surface area contributed by atoms with Crippen LogP contribution >= 0.6 is 11.8 Å². The molecule has 8 heteroatoms. The number of aromatic nitrogens is 5. The first kappa shape index (κ1) is 18.0. The summed E-state index contributed by atoms with van der Waals surface area (Å²) in [6.45, 7) is 1.89. The Morgan fingerprint density at radius 3 is 2.39 bits per heavy atom. The molecular formula is C20H18N6OS. The molecule has 0 saturated carbocycles. The van der Waals surface area contributed by atoms with Crippen molar-refractivity contribution in [2.45, 2.75) is 12.1 Å². The van der Waals surface area contributed by atoms with Crippen LogP contribution in [0.15, 0.2) is 78.2 Å². The van der Waals surface area contributed by atoms with Crippen molar-refractivity contribution in [3.63, 3.8) is 0 Å². The lowest BCUT2D eigenvalue weighted by atomic mass is 10.3. The van der Waals surface area contributed by atoms with E-state index in [9.17, 15) is 4.79 Å². The Labute approximate surface area is 166 Å². The lowest BCUT2D eigenvalue weighted by molar-refractivity contribution is -0.113. The van der Waals surface area contributed by atoms with Crippen LogP contribution in [0, 0.1) is 6.92 Å². The topological polar surface area (TPSA) is 77.6 Å². The number of nitrogens with one attached hydrogen (secondary N) is 1. The summed E-state index contributed by atoms with van der Waals surface area (Å²) in [4.78, 5) is 16.7. The van der Waals surface area contributed by atoms with Crippen molar-refractivity contribution in [3.05, 3.63) is 78.8 Å². The van der Waals surface area contributed by atoms with Crippen LogP contribution in [0.4, 0.5) is 5.82 Å². The van der Waals surface area contributed by atoms with Gasteiger partial charge in [-0.1, -0.05) is 48.2 Å². The number of amides is 1. The number of aryl methyl sites for hydroxylation is 1. The minimum absolute atomic E-state index is 0.141. The highest BCUT2D eigenvalue weighted by molar-refractivity contribution is 7.99. The summed E-state index contributed by atoms with van der Waals surface area (Å²) >= 11 is 1.29. The number of hydrogen-bond donors (Lipinski definition) is 1. The van der Waals surface area contributed by atoms with E-state index in [2.05, 4.69) is 20.5 Å². The molecular weight excluding hydrogens is 372 g/mol. The van der Waals surface area contributed by atoms with Crippen LogP contribution in [0.25, 0.3) is 11.4 Å². The van der Waals surface area contributed by atoms with Crippen molar-refractivity contribution < 1.29 is 4.79 Å². The number of nitrogens with zero attached hydrogens (tertiary/aromatic N) is 5. The molecule has 0 saturated heterocycles. The smallest absolute Gasteiger partial charge is 0.236 e. The highest BCUT2D eigenvalue weighted by Gasteiger charge is 2.12. The largest absolute Gasteiger partial charge is 0.310 e. The molecule has 2 aromatic carbocycles. The molecule has 4 rings (SSSR count). The summed E-state index contributed by atoms with van der Waals surface area (Å²) in [6, 6.07) is 21.3. The third-order valence-electron chi connectivity index (χ3n) is 3.92. The third kappa shape index (κ3) is 4.12. The number of hydrogen-bond acceptors (Lipinski definition) is 5. The normalized spacial score (nSPS) is 10.8. The van der Waals surface area contributed by atoms with Gasteiger partial charge in [0.05, 0.1) is 22.8 Å². The number of benzene rings is 2. The van der Waals surface area contributed by atoms with E-state index in [1.54, 1.807) is 15.7 Å². The zero-order chi connectivity index (χ0) is 19.3. The van der Waals surface area contributed by atoms with Crippen LogP contribution < -0.4 is 5.32 Å². The number of rotatable bonds is 6. The Balaban J connectivity index is 1.40. The Hall–Kier alpha value is -3.39. The van der Waals surface area contributed by atoms with E-state index < -0.39 is 0 Å². The molecule has 0 fully saturated rings. The molecule has 1 N–H and O–H groups in total. The van der Waals surface area contributed by atoms with Crippen molar-refractivity contribution >= 4 is 23.5 Å². The number of carbonyl (C=O) groups is 1. The molecule has 7 nitrogen and oxygen atoms in total. The van der Waals surface area contributed by atoms with Crippen molar-refractivity contribution in [3.8, 4) is 11.4 Å². The van der Waals surface area contributed by atoms with Gasteiger partial charge in [0, 0.05) is 6.07 Å². The van der Waals surface area contributed by atoms with E-state index in [1.165, 1.54) is 11.8 Å². The monoisotopic (exact) mass is 390 g/mol. The quantitative estimate of drug-likeness (QED) is 0.510. The average molecular weight is 390 g/mol. The van der Waals surface area contributed by atoms with E-state index in [-0.39, 0.29) is 11.7 Å². The maximum absolute atomic E-state index is 12.4. The van der Waals surface area contributed by atoms with E-state index in [4.69, 9.17) is 0 Å². The summed E-state index contributed by atoms with van der Waals surface area (Å²) in [5.74, 6) is 0.702. The Bertz CT molecular complexity index is 1070. The van der Waals surface area contributed by atoms with Gasteiger partial charge in [-0.05, 0) is 31.2 Å². The lowest BCUT2D eigenvalue weighted by Gasteiger charge is -2.08. The second-order valence-electron chi connectivity index (χ2n) is 6.06. The Morgan fingerprint density at radius 2 is 1.68 bits per heavy atom. The molecule has 0 aliphatic heterocycles. The van der Waals surface area contributed by atoms with Crippen LogP contribution in [0.3, 0.4) is 0 Å². The first-order chi connectivity index (χ1) is 13.7. The number of anilines is 1. The molecule has 2 aromatic heterocycles. The van der Waals surface area contributed by atoms with Gasteiger partial charge in [0.25, 0.3) is 0 Å². The summed E-state index contributed by atoms with van der Waals surface area (Å²) < 4.78 is 3.41. The predicted octanol–water partition coefficient (Wildman–Crippen LogP) is 3.49. The molecule has 1 amide bonds. The number of thioether (sulfide) groups is 1. The summed E-state index contributed by atoms with van der Waals surface area (Å²) in [5.41, 5.74) is 2.64. The molecule has 0 aliphatic carbocycles. The first-order valence-corrected chi connectivity index (χ1v) is 9.69. The van der Waals surface area contributed by atoms with Gasteiger partial charge in [-0.3, -0.25) is 4.79 Å². The molecule has 28 heavy (non-hydrogen) atoms. The van der Waals surface area contributed by atoms with Gasteiger partial charge in [-0.15, -0.1) is 5.10 Å². The fourth-order valence-corrected chi connectivity index (χ4v) is 3.28. The van der Waals surface area contributed by atoms with Gasteiger partial charge in [0.1, 0.15) is 12.1 Å². The Morgan fingerprint density at radius 1 is 1.00 bits per heavy atom. The summed E-state index contributed by atoms with van der Waals surface area (Å²) in [6.07, 6.45) is 1.64. The minimum Gasteiger partial charge on any atom is -0.310 e. The summed E-state index contributed by atoms with van der Waals surface area (Å²) in [7, 11) is 0. The van der Waals surface area contributed by atoms with Crippen LogP contribution in [-0.2, 0) is 4.79 Å². The molecule has 0 unspecified atom stereocenters. The molecule has 0 radical (unpaired) electrons. The summed E-state index contributed by atoms with van der Waals surface area (Å²) in [5, 5.41) is 12.3. The fraction of sp³-hybridized carbons (Fsp3) is 0.100. The van der Waals surface area contributed by atoms with Gasteiger partial charge in [0.2, 0.25) is 11.1 Å². The molecule has 0 bridgehead atoms. The predicted molar refractivity (Wildman–Crippen MR) is 109 cm³/mol. The maximum Gasteiger partial charge on any atom is 0.236 e. The molecule has 0 spiro atoms. The Kier molecular flexibility index (Phi) is 5.20. The van der Waals surface area contributed by atoms with Gasteiger partial charge in [-0.2, -0.15) is 5.10 Å². The molecule has 140 valence electrons. The second-order valence-corrected chi connectivity index (χ2v) is 7.00. The third-order valence-corrected chi connectivity index (χ3v) is 4.78. The van der Waals surface area contributed by atoms with Gasteiger partial charge < -0.3 is 5.32 Å². The zero-order valence-electron chi connectivity index (χ0n) is 15.2. The molecule has 4 aromatic rings. The SMILES string of the molecule is Cc1cc(NC(=O)CSc2ncn(-c3ccccc3)n2)n(-c2ccccc2)n1. The highest BCUT2D eigenvalue weighted by Crippen LogP contribution is 2.18. The second kappa shape index (κ2) is 8.10.